The van der Waals surface area contributed by atoms with Crippen molar-refractivity contribution < 1.29 is 23.9 Å². The third-order valence-electron chi connectivity index (χ3n) is 6.39. The van der Waals surface area contributed by atoms with Gasteiger partial charge in [-0.15, -0.1) is 0 Å². The summed E-state index contributed by atoms with van der Waals surface area (Å²) < 4.78 is 11.2. The molecule has 7 nitrogen and oxygen atoms in total. The number of benzene rings is 3. The first-order valence-electron chi connectivity index (χ1n) is 12.6. The summed E-state index contributed by atoms with van der Waals surface area (Å²) in [5.74, 6) is -0.184. The summed E-state index contributed by atoms with van der Waals surface area (Å²) in [5.41, 5.74) is 1.95. The fourth-order valence-corrected chi connectivity index (χ4v) is 4.43. The van der Waals surface area contributed by atoms with Gasteiger partial charge in [-0.25, -0.2) is 4.79 Å². The number of carbonyl (C=O) groups excluding carboxylic acids is 3. The van der Waals surface area contributed by atoms with E-state index in [0.717, 1.165) is 16.9 Å². The second kappa shape index (κ2) is 13.3. The Hall–Kier alpha value is -4.13. The van der Waals surface area contributed by atoms with Gasteiger partial charge < -0.3 is 19.7 Å². The maximum Gasteiger partial charge on any atom is 0.329 e. The molecule has 3 aromatic carbocycles. The Morgan fingerprint density at radius 1 is 0.865 bits per heavy atom. The lowest BCUT2D eigenvalue weighted by molar-refractivity contribution is -0.154. The molecule has 0 aromatic heterocycles. The molecule has 0 saturated carbocycles. The molecule has 7 heteroatoms. The fourth-order valence-electron chi connectivity index (χ4n) is 4.43. The maximum atomic E-state index is 13.1. The quantitative estimate of drug-likeness (QED) is 0.317. The molecule has 1 fully saturated rings. The summed E-state index contributed by atoms with van der Waals surface area (Å²) >= 11 is 0. The smallest absolute Gasteiger partial charge is 0.329 e. The van der Waals surface area contributed by atoms with E-state index in [-0.39, 0.29) is 37.3 Å². The summed E-state index contributed by atoms with van der Waals surface area (Å²) in [6.45, 7) is 0.790. The molecular weight excluding hydrogens is 468 g/mol. The highest BCUT2D eigenvalue weighted by molar-refractivity contribution is 5.89. The number of hydrogen-bond acceptors (Lipinski definition) is 5. The maximum absolute atomic E-state index is 13.1. The van der Waals surface area contributed by atoms with Crippen LogP contribution < -0.4 is 10.1 Å². The molecule has 2 atom stereocenters. The summed E-state index contributed by atoms with van der Waals surface area (Å²) in [4.78, 5) is 40.0. The standard InChI is InChI=1S/C30H32N2O5/c33-28(17-10-18-36-26-15-8-3-9-16-26)31-20-29(34)32-21-25(24-13-6-2-7-14-24)19-27(32)30(35)37-22-23-11-4-1-5-12-23/h1-9,11-16,25,27H,10,17-22H2,(H,31,33)/t25-,27-/m0/s1. The molecule has 0 bridgehead atoms. The van der Waals surface area contributed by atoms with Gasteiger partial charge in [0.1, 0.15) is 18.4 Å². The largest absolute Gasteiger partial charge is 0.494 e. The molecule has 0 radical (unpaired) electrons. The van der Waals surface area contributed by atoms with Crippen LogP contribution >= 0.6 is 0 Å². The number of likely N-dealkylation sites (tertiary alicyclic amines) is 1. The molecular formula is C30H32N2O5. The molecule has 1 heterocycles. The average Bonchev–Trinajstić information content (AvgIpc) is 3.40. The van der Waals surface area contributed by atoms with Gasteiger partial charge >= 0.3 is 5.97 Å². The van der Waals surface area contributed by atoms with Crippen LogP contribution in [0.1, 0.15) is 36.3 Å². The van der Waals surface area contributed by atoms with Crippen molar-refractivity contribution in [3.8, 4) is 5.75 Å². The van der Waals surface area contributed by atoms with Gasteiger partial charge in [0.15, 0.2) is 0 Å². The minimum Gasteiger partial charge on any atom is -0.494 e. The Morgan fingerprint density at radius 2 is 1.51 bits per heavy atom. The molecule has 37 heavy (non-hydrogen) atoms. The predicted molar refractivity (Wildman–Crippen MR) is 140 cm³/mol. The average molecular weight is 501 g/mol. The first kappa shape index (κ1) is 25.9. The SMILES string of the molecule is O=C(CCCOc1ccccc1)NCC(=O)N1C[C@@H](c2ccccc2)C[C@H]1C(=O)OCc1ccccc1. The van der Waals surface area contributed by atoms with E-state index in [1.165, 1.54) is 0 Å². The van der Waals surface area contributed by atoms with Gasteiger partial charge in [0, 0.05) is 18.9 Å². The minimum atomic E-state index is -0.697. The Morgan fingerprint density at radius 3 is 2.22 bits per heavy atom. The molecule has 3 aromatic rings. The van der Waals surface area contributed by atoms with E-state index in [1.807, 2.05) is 91.0 Å². The third kappa shape index (κ3) is 7.67. The highest BCUT2D eigenvalue weighted by Gasteiger charge is 2.41. The van der Waals surface area contributed by atoms with Crippen molar-refractivity contribution in [3.05, 3.63) is 102 Å². The zero-order valence-corrected chi connectivity index (χ0v) is 20.8. The number of rotatable bonds is 11. The van der Waals surface area contributed by atoms with Gasteiger partial charge in [-0.2, -0.15) is 0 Å². The van der Waals surface area contributed by atoms with Crippen LogP contribution in [0.2, 0.25) is 0 Å². The van der Waals surface area contributed by atoms with Crippen LogP contribution in [0.25, 0.3) is 0 Å². The highest BCUT2D eigenvalue weighted by Crippen LogP contribution is 2.32. The van der Waals surface area contributed by atoms with Gasteiger partial charge in [0.05, 0.1) is 13.2 Å². The number of para-hydroxylation sites is 1. The summed E-state index contributed by atoms with van der Waals surface area (Å²) in [7, 11) is 0. The number of amides is 2. The van der Waals surface area contributed by atoms with Crippen molar-refractivity contribution in [3.63, 3.8) is 0 Å². The second-order valence-electron chi connectivity index (χ2n) is 9.04. The van der Waals surface area contributed by atoms with Crippen LogP contribution in [-0.4, -0.2) is 48.4 Å². The van der Waals surface area contributed by atoms with E-state index in [1.54, 1.807) is 4.90 Å². The molecule has 0 aliphatic carbocycles. The van der Waals surface area contributed by atoms with Crippen LogP contribution in [-0.2, 0) is 25.7 Å². The normalized spacial score (nSPS) is 16.7. The second-order valence-corrected chi connectivity index (χ2v) is 9.04. The zero-order valence-electron chi connectivity index (χ0n) is 20.8. The Balaban J connectivity index is 1.29. The van der Waals surface area contributed by atoms with Crippen LogP contribution in [0.4, 0.5) is 0 Å². The lowest BCUT2D eigenvalue weighted by Gasteiger charge is -2.23. The van der Waals surface area contributed by atoms with Crippen LogP contribution in [0.3, 0.4) is 0 Å². The summed E-state index contributed by atoms with van der Waals surface area (Å²) in [5, 5.41) is 2.69. The van der Waals surface area contributed by atoms with E-state index in [0.29, 0.717) is 26.0 Å². The fraction of sp³-hybridized carbons (Fsp3) is 0.300. The van der Waals surface area contributed by atoms with E-state index in [2.05, 4.69) is 5.32 Å². The molecule has 0 unspecified atom stereocenters. The van der Waals surface area contributed by atoms with Gasteiger partial charge in [0.2, 0.25) is 11.8 Å². The van der Waals surface area contributed by atoms with E-state index >= 15 is 0 Å². The molecule has 4 rings (SSSR count). The minimum absolute atomic E-state index is 0.0188. The van der Waals surface area contributed by atoms with Crippen molar-refractivity contribution in [2.24, 2.45) is 0 Å². The number of hydrogen-bond donors (Lipinski definition) is 1. The number of esters is 1. The Labute approximate surface area is 217 Å². The Bertz CT molecular complexity index is 1150. The highest BCUT2D eigenvalue weighted by atomic mass is 16.5. The van der Waals surface area contributed by atoms with Gasteiger partial charge in [-0.05, 0) is 36.1 Å². The lowest BCUT2D eigenvalue weighted by atomic mass is 9.96. The van der Waals surface area contributed by atoms with Gasteiger partial charge in [0.25, 0.3) is 0 Å². The lowest BCUT2D eigenvalue weighted by Crippen LogP contribution is -2.46. The predicted octanol–water partition coefficient (Wildman–Crippen LogP) is 4.09. The first-order chi connectivity index (χ1) is 18.1. The van der Waals surface area contributed by atoms with Crippen molar-refractivity contribution in [2.45, 2.75) is 37.8 Å². The van der Waals surface area contributed by atoms with Gasteiger partial charge in [-0.1, -0.05) is 78.9 Å². The number of nitrogens with zero attached hydrogens (tertiary/aromatic N) is 1. The van der Waals surface area contributed by atoms with Gasteiger partial charge in [-0.3, -0.25) is 9.59 Å². The van der Waals surface area contributed by atoms with E-state index < -0.39 is 12.0 Å². The molecule has 1 aliphatic heterocycles. The van der Waals surface area contributed by atoms with Crippen LogP contribution in [0.15, 0.2) is 91.0 Å². The number of ether oxygens (including phenoxy) is 2. The monoisotopic (exact) mass is 500 g/mol. The molecule has 1 saturated heterocycles. The molecule has 2 amide bonds. The van der Waals surface area contributed by atoms with Crippen molar-refractivity contribution in [1.82, 2.24) is 10.2 Å². The summed E-state index contributed by atoms with van der Waals surface area (Å²) in [6, 6.07) is 28.0. The number of nitrogens with one attached hydrogen (secondary N) is 1. The third-order valence-corrected chi connectivity index (χ3v) is 6.39. The number of carbonyl (C=O) groups is 3. The first-order valence-corrected chi connectivity index (χ1v) is 12.6. The van der Waals surface area contributed by atoms with E-state index in [9.17, 15) is 14.4 Å². The van der Waals surface area contributed by atoms with Crippen LogP contribution in [0, 0.1) is 0 Å². The van der Waals surface area contributed by atoms with Crippen LogP contribution in [0.5, 0.6) is 5.75 Å². The molecule has 192 valence electrons. The topological polar surface area (TPSA) is 84.9 Å². The van der Waals surface area contributed by atoms with E-state index in [4.69, 9.17) is 9.47 Å². The molecule has 0 spiro atoms. The summed E-state index contributed by atoms with van der Waals surface area (Å²) in [6.07, 6.45) is 1.26. The molecule has 1 aliphatic rings. The Kier molecular flexibility index (Phi) is 9.29. The molecule has 1 N–H and O–H groups in total. The van der Waals surface area contributed by atoms with Crippen molar-refractivity contribution >= 4 is 17.8 Å². The van der Waals surface area contributed by atoms with Crippen molar-refractivity contribution in [2.75, 3.05) is 19.7 Å². The zero-order chi connectivity index (χ0) is 25.9. The van der Waals surface area contributed by atoms with Crippen molar-refractivity contribution in [1.29, 1.82) is 0 Å².